The van der Waals surface area contributed by atoms with Crippen LogP contribution < -0.4 is 0 Å². The molecule has 2 aromatic rings. The SMILES string of the molecule is Cc1cncc(-c2nc(C(C)C)nc(Cl)c2C)c1. The lowest BCUT2D eigenvalue weighted by Gasteiger charge is -2.11. The van der Waals surface area contributed by atoms with Crippen LogP contribution in [0.3, 0.4) is 0 Å². The van der Waals surface area contributed by atoms with Crippen LogP contribution in [-0.4, -0.2) is 15.0 Å². The molecule has 2 aromatic heterocycles. The van der Waals surface area contributed by atoms with Gasteiger partial charge in [-0.1, -0.05) is 25.4 Å². The Morgan fingerprint density at radius 1 is 1.11 bits per heavy atom. The standard InChI is InChI=1S/C14H16ClN3/c1-8(2)14-17-12(10(4)13(15)18-14)11-5-9(3)6-16-7-11/h5-8H,1-4H3. The molecule has 0 spiro atoms. The molecule has 2 rings (SSSR count). The van der Waals surface area contributed by atoms with Gasteiger partial charge in [-0.2, -0.15) is 0 Å². The van der Waals surface area contributed by atoms with Gasteiger partial charge in [0.25, 0.3) is 0 Å². The van der Waals surface area contributed by atoms with Crippen molar-refractivity contribution in [2.24, 2.45) is 0 Å². The molecule has 0 N–H and O–H groups in total. The molecule has 2 heterocycles. The quantitative estimate of drug-likeness (QED) is 0.769. The summed E-state index contributed by atoms with van der Waals surface area (Å²) in [5.41, 5.74) is 3.86. The van der Waals surface area contributed by atoms with Crippen LogP contribution in [-0.2, 0) is 0 Å². The smallest absolute Gasteiger partial charge is 0.136 e. The first-order valence-electron chi connectivity index (χ1n) is 5.95. The zero-order chi connectivity index (χ0) is 13.3. The minimum Gasteiger partial charge on any atom is -0.264 e. The third-order valence-electron chi connectivity index (χ3n) is 2.77. The van der Waals surface area contributed by atoms with Crippen LogP contribution >= 0.6 is 11.6 Å². The average molecular weight is 262 g/mol. The van der Waals surface area contributed by atoms with Crippen LogP contribution in [0.1, 0.15) is 36.7 Å². The number of aromatic nitrogens is 3. The van der Waals surface area contributed by atoms with Crippen molar-refractivity contribution in [1.29, 1.82) is 0 Å². The van der Waals surface area contributed by atoms with Gasteiger partial charge in [0.2, 0.25) is 0 Å². The van der Waals surface area contributed by atoms with Crippen LogP contribution in [0.25, 0.3) is 11.3 Å². The first kappa shape index (κ1) is 13.0. The molecule has 0 aromatic carbocycles. The molecule has 0 unspecified atom stereocenters. The van der Waals surface area contributed by atoms with Crippen molar-refractivity contribution in [2.45, 2.75) is 33.6 Å². The summed E-state index contributed by atoms with van der Waals surface area (Å²) in [6, 6.07) is 2.06. The summed E-state index contributed by atoms with van der Waals surface area (Å²) in [6.07, 6.45) is 3.63. The van der Waals surface area contributed by atoms with Gasteiger partial charge < -0.3 is 0 Å². The third-order valence-corrected chi connectivity index (χ3v) is 3.14. The van der Waals surface area contributed by atoms with Crippen LogP contribution in [0.15, 0.2) is 18.5 Å². The maximum atomic E-state index is 6.18. The molecule has 3 nitrogen and oxygen atoms in total. The maximum absolute atomic E-state index is 6.18. The Labute approximate surface area is 112 Å². The molecule has 0 aliphatic rings. The van der Waals surface area contributed by atoms with E-state index >= 15 is 0 Å². The second-order valence-corrected chi connectivity index (χ2v) is 5.11. The zero-order valence-electron chi connectivity index (χ0n) is 11.0. The molecule has 0 atom stereocenters. The molecule has 0 aliphatic heterocycles. The third kappa shape index (κ3) is 2.51. The van der Waals surface area contributed by atoms with Crippen LogP contribution in [0.2, 0.25) is 5.15 Å². The Bertz CT molecular complexity index is 579. The topological polar surface area (TPSA) is 38.7 Å². The Morgan fingerprint density at radius 3 is 2.44 bits per heavy atom. The summed E-state index contributed by atoms with van der Waals surface area (Å²) in [5, 5.41) is 0.519. The lowest BCUT2D eigenvalue weighted by Crippen LogP contribution is -2.02. The largest absolute Gasteiger partial charge is 0.264 e. The number of rotatable bonds is 2. The van der Waals surface area contributed by atoms with E-state index in [1.165, 1.54) is 0 Å². The Kier molecular flexibility index (Phi) is 3.62. The molecule has 0 bridgehead atoms. The monoisotopic (exact) mass is 261 g/mol. The number of nitrogens with zero attached hydrogens (tertiary/aromatic N) is 3. The minimum atomic E-state index is 0.250. The summed E-state index contributed by atoms with van der Waals surface area (Å²) in [7, 11) is 0. The van der Waals surface area contributed by atoms with E-state index in [2.05, 4.69) is 34.9 Å². The maximum Gasteiger partial charge on any atom is 0.136 e. The second-order valence-electron chi connectivity index (χ2n) is 4.75. The second kappa shape index (κ2) is 5.02. The Balaban J connectivity index is 2.63. The van der Waals surface area contributed by atoms with Crippen molar-refractivity contribution in [1.82, 2.24) is 15.0 Å². The molecule has 0 saturated heterocycles. The number of hydrogen-bond acceptors (Lipinski definition) is 3. The Morgan fingerprint density at radius 2 is 1.83 bits per heavy atom. The molecule has 0 amide bonds. The molecule has 0 saturated carbocycles. The van der Waals surface area contributed by atoms with Gasteiger partial charge in [-0.3, -0.25) is 4.98 Å². The van der Waals surface area contributed by atoms with E-state index in [0.717, 1.165) is 28.2 Å². The summed E-state index contributed by atoms with van der Waals surface area (Å²) in [4.78, 5) is 13.1. The fourth-order valence-electron chi connectivity index (χ4n) is 1.73. The highest BCUT2D eigenvalue weighted by atomic mass is 35.5. The van der Waals surface area contributed by atoms with Gasteiger partial charge in [0.05, 0.1) is 5.69 Å². The summed E-state index contributed by atoms with van der Waals surface area (Å²) in [5.74, 6) is 1.02. The van der Waals surface area contributed by atoms with Crippen LogP contribution in [0, 0.1) is 13.8 Å². The van der Waals surface area contributed by atoms with E-state index in [9.17, 15) is 0 Å². The van der Waals surface area contributed by atoms with E-state index in [-0.39, 0.29) is 5.92 Å². The number of halogens is 1. The van der Waals surface area contributed by atoms with Gasteiger partial charge in [0.15, 0.2) is 0 Å². The predicted octanol–water partition coefficient (Wildman–Crippen LogP) is 3.93. The molecule has 94 valence electrons. The lowest BCUT2D eigenvalue weighted by molar-refractivity contribution is 0.773. The van der Waals surface area contributed by atoms with E-state index in [4.69, 9.17) is 11.6 Å². The summed E-state index contributed by atoms with van der Waals surface area (Å²) in [6.45, 7) is 8.06. The molecule has 18 heavy (non-hydrogen) atoms. The van der Waals surface area contributed by atoms with Gasteiger partial charge in [-0.25, -0.2) is 9.97 Å². The number of aryl methyl sites for hydroxylation is 1. The highest BCUT2D eigenvalue weighted by Gasteiger charge is 2.13. The van der Waals surface area contributed by atoms with Crippen molar-refractivity contribution in [3.05, 3.63) is 40.6 Å². The van der Waals surface area contributed by atoms with E-state index < -0.39 is 0 Å². The average Bonchev–Trinajstić information content (AvgIpc) is 2.32. The number of hydrogen-bond donors (Lipinski definition) is 0. The van der Waals surface area contributed by atoms with Gasteiger partial charge in [0.1, 0.15) is 11.0 Å². The van der Waals surface area contributed by atoms with Crippen molar-refractivity contribution in [2.75, 3.05) is 0 Å². The van der Waals surface area contributed by atoms with Gasteiger partial charge >= 0.3 is 0 Å². The summed E-state index contributed by atoms with van der Waals surface area (Å²) < 4.78 is 0. The first-order valence-corrected chi connectivity index (χ1v) is 6.33. The fraction of sp³-hybridized carbons (Fsp3) is 0.357. The van der Waals surface area contributed by atoms with Crippen molar-refractivity contribution in [3.8, 4) is 11.3 Å². The van der Waals surface area contributed by atoms with Gasteiger partial charge in [-0.05, 0) is 25.5 Å². The molecule has 0 aliphatic carbocycles. The van der Waals surface area contributed by atoms with Crippen LogP contribution in [0.5, 0.6) is 0 Å². The lowest BCUT2D eigenvalue weighted by atomic mass is 10.1. The predicted molar refractivity (Wildman–Crippen MR) is 73.8 cm³/mol. The van der Waals surface area contributed by atoms with Gasteiger partial charge in [0, 0.05) is 29.4 Å². The normalized spacial score (nSPS) is 11.0. The van der Waals surface area contributed by atoms with Crippen molar-refractivity contribution >= 4 is 11.6 Å². The molecular formula is C14H16ClN3. The van der Waals surface area contributed by atoms with E-state index in [1.807, 2.05) is 26.2 Å². The number of pyridine rings is 1. The van der Waals surface area contributed by atoms with Crippen molar-refractivity contribution in [3.63, 3.8) is 0 Å². The molecule has 0 fully saturated rings. The molecule has 4 heteroatoms. The summed E-state index contributed by atoms with van der Waals surface area (Å²) >= 11 is 6.18. The Hall–Kier alpha value is -1.48. The highest BCUT2D eigenvalue weighted by molar-refractivity contribution is 6.30. The van der Waals surface area contributed by atoms with E-state index in [0.29, 0.717) is 5.15 Å². The molecular weight excluding hydrogens is 246 g/mol. The highest BCUT2D eigenvalue weighted by Crippen LogP contribution is 2.27. The first-order chi connectivity index (χ1) is 8.49. The zero-order valence-corrected chi connectivity index (χ0v) is 11.8. The van der Waals surface area contributed by atoms with Crippen LogP contribution in [0.4, 0.5) is 0 Å². The fourth-order valence-corrected chi connectivity index (χ4v) is 1.91. The van der Waals surface area contributed by atoms with Gasteiger partial charge in [-0.15, -0.1) is 0 Å². The molecule has 0 radical (unpaired) electrons. The van der Waals surface area contributed by atoms with Crippen molar-refractivity contribution < 1.29 is 0 Å². The van der Waals surface area contributed by atoms with E-state index in [1.54, 1.807) is 0 Å². The minimum absolute atomic E-state index is 0.250.